The Hall–Kier alpha value is -0.493. The van der Waals surface area contributed by atoms with E-state index in [0.717, 1.165) is 11.9 Å². The Bertz CT molecular complexity index is 411. The molecule has 4 nitrogen and oxygen atoms in total. The molecule has 0 aromatic heterocycles. The molecule has 1 heterocycles. The molecule has 0 saturated carbocycles. The first kappa shape index (κ1) is 19.6. The van der Waals surface area contributed by atoms with Gasteiger partial charge in [0.25, 0.3) is 0 Å². The van der Waals surface area contributed by atoms with Crippen LogP contribution in [0.3, 0.4) is 0 Å². The van der Waals surface area contributed by atoms with Crippen molar-refractivity contribution in [2.45, 2.75) is 71.1 Å². The van der Waals surface area contributed by atoms with Gasteiger partial charge in [-0.15, -0.1) is 0 Å². The molecule has 0 aliphatic carbocycles. The molecule has 0 spiro atoms. The Labute approximate surface area is 136 Å². The molecule has 0 unspecified atom stereocenters. The maximum absolute atomic E-state index is 10.8. The van der Waals surface area contributed by atoms with E-state index in [1.165, 1.54) is 0 Å². The van der Waals surface area contributed by atoms with Gasteiger partial charge in [0.1, 0.15) is 18.5 Å². The zero-order chi connectivity index (χ0) is 17.1. The Balaban J connectivity index is 3.13. The first-order valence-corrected chi connectivity index (χ1v) is 10.9. The van der Waals surface area contributed by atoms with Gasteiger partial charge < -0.3 is 13.9 Å². The van der Waals surface area contributed by atoms with Crippen LogP contribution < -0.4 is 0 Å². The van der Waals surface area contributed by atoms with Crippen LogP contribution in [0.15, 0.2) is 11.6 Å². The van der Waals surface area contributed by atoms with E-state index in [9.17, 15) is 4.79 Å². The van der Waals surface area contributed by atoms with E-state index in [1.807, 2.05) is 6.92 Å². The highest BCUT2D eigenvalue weighted by atomic mass is 28.4. The summed E-state index contributed by atoms with van der Waals surface area (Å²) in [4.78, 5) is 10.8. The normalized spacial score (nSPS) is 31.2. The number of carbonyl (C=O) groups excluding carboxylic acids is 1. The minimum Gasteiger partial charge on any atom is -0.408 e. The van der Waals surface area contributed by atoms with Crippen LogP contribution in [0.4, 0.5) is 0 Å². The van der Waals surface area contributed by atoms with Crippen LogP contribution in [0.2, 0.25) is 18.1 Å². The third kappa shape index (κ3) is 4.28. The van der Waals surface area contributed by atoms with Crippen LogP contribution in [0, 0.1) is 5.92 Å². The van der Waals surface area contributed by atoms with Crippen molar-refractivity contribution >= 4 is 14.6 Å². The largest absolute Gasteiger partial charge is 0.408 e. The number of allylic oxidation sites excluding steroid dienone is 1. The van der Waals surface area contributed by atoms with Gasteiger partial charge in [-0.2, -0.15) is 0 Å². The lowest BCUT2D eigenvalue weighted by Crippen LogP contribution is -2.57. The van der Waals surface area contributed by atoms with Crippen molar-refractivity contribution in [3.8, 4) is 0 Å². The summed E-state index contributed by atoms with van der Waals surface area (Å²) in [6.45, 7) is 15.8. The number of rotatable bonds is 5. The molecular weight excluding hydrogens is 296 g/mol. The van der Waals surface area contributed by atoms with Gasteiger partial charge in [0.2, 0.25) is 0 Å². The smallest absolute Gasteiger partial charge is 0.192 e. The molecule has 1 aliphatic heterocycles. The Kier molecular flexibility index (Phi) is 6.56. The molecule has 1 aliphatic rings. The van der Waals surface area contributed by atoms with E-state index < -0.39 is 8.32 Å². The SMILES string of the molecule is CO[C@@H]1[C@@H](O[Si](C)(C)C(C)(C)C)[C@H](C(C)=CC=O)OC[C@@H]1C. The monoisotopic (exact) mass is 328 g/mol. The topological polar surface area (TPSA) is 44.8 Å². The molecule has 1 fully saturated rings. The third-order valence-corrected chi connectivity index (χ3v) is 9.48. The number of hydrogen-bond donors (Lipinski definition) is 0. The molecule has 22 heavy (non-hydrogen) atoms. The predicted molar refractivity (Wildman–Crippen MR) is 91.6 cm³/mol. The van der Waals surface area contributed by atoms with Crippen LogP contribution in [0.1, 0.15) is 34.6 Å². The Morgan fingerprint density at radius 2 is 1.86 bits per heavy atom. The van der Waals surface area contributed by atoms with Gasteiger partial charge in [-0.25, -0.2) is 0 Å². The predicted octanol–water partition coefficient (Wildman–Crippen LogP) is 3.57. The zero-order valence-electron chi connectivity index (χ0n) is 15.3. The van der Waals surface area contributed by atoms with Crippen molar-refractivity contribution < 1.29 is 18.7 Å². The summed E-state index contributed by atoms with van der Waals surface area (Å²) in [5.41, 5.74) is 0.896. The minimum atomic E-state index is -1.97. The second kappa shape index (κ2) is 7.38. The molecule has 5 heteroatoms. The molecule has 0 N–H and O–H groups in total. The lowest BCUT2D eigenvalue weighted by molar-refractivity contribution is -0.152. The molecule has 0 bridgehead atoms. The first-order valence-electron chi connectivity index (χ1n) is 7.99. The van der Waals surface area contributed by atoms with Crippen molar-refractivity contribution in [1.82, 2.24) is 0 Å². The van der Waals surface area contributed by atoms with Crippen LogP contribution in [-0.4, -0.2) is 46.6 Å². The van der Waals surface area contributed by atoms with Gasteiger partial charge in [-0.1, -0.05) is 27.7 Å². The Morgan fingerprint density at radius 3 is 2.32 bits per heavy atom. The second-order valence-electron chi connectivity index (χ2n) is 7.82. The average molecular weight is 329 g/mol. The van der Waals surface area contributed by atoms with E-state index in [1.54, 1.807) is 13.2 Å². The summed E-state index contributed by atoms with van der Waals surface area (Å²) in [5.74, 6) is 0.264. The standard InChI is InChI=1S/C17H32O4Si/c1-12(9-10-18)15-16(14(19-6)13(2)11-20-15)21-22(7,8)17(3,4)5/h9-10,13-16H,11H2,1-8H3/t13-,14-,15-,16+/m0/s1. The second-order valence-corrected chi connectivity index (χ2v) is 12.6. The quantitative estimate of drug-likeness (QED) is 0.440. The van der Waals surface area contributed by atoms with Gasteiger partial charge in [0.05, 0.1) is 12.7 Å². The van der Waals surface area contributed by atoms with Crippen LogP contribution >= 0.6 is 0 Å². The molecule has 0 aromatic carbocycles. The van der Waals surface area contributed by atoms with Crippen molar-refractivity contribution in [2.75, 3.05) is 13.7 Å². The van der Waals surface area contributed by atoms with Gasteiger partial charge >= 0.3 is 0 Å². The number of aldehydes is 1. The molecule has 128 valence electrons. The van der Waals surface area contributed by atoms with Crippen molar-refractivity contribution in [2.24, 2.45) is 5.92 Å². The summed E-state index contributed by atoms with van der Waals surface area (Å²) >= 11 is 0. The summed E-state index contributed by atoms with van der Waals surface area (Å²) in [6.07, 6.45) is 1.95. The summed E-state index contributed by atoms with van der Waals surface area (Å²) < 4.78 is 18.4. The van der Waals surface area contributed by atoms with E-state index in [4.69, 9.17) is 13.9 Å². The highest BCUT2D eigenvalue weighted by Gasteiger charge is 2.47. The maximum Gasteiger partial charge on any atom is 0.192 e. The number of carbonyl (C=O) groups is 1. The molecule has 0 amide bonds. The maximum atomic E-state index is 10.8. The highest BCUT2D eigenvalue weighted by molar-refractivity contribution is 6.74. The molecule has 1 rings (SSSR count). The van der Waals surface area contributed by atoms with E-state index in [0.29, 0.717) is 6.61 Å². The third-order valence-electron chi connectivity index (χ3n) is 5.01. The Morgan fingerprint density at radius 1 is 1.27 bits per heavy atom. The zero-order valence-corrected chi connectivity index (χ0v) is 16.3. The lowest BCUT2D eigenvalue weighted by atomic mass is 9.90. The number of methoxy groups -OCH3 is 1. The highest BCUT2D eigenvalue weighted by Crippen LogP contribution is 2.40. The van der Waals surface area contributed by atoms with E-state index in [2.05, 4.69) is 40.8 Å². The summed E-state index contributed by atoms with van der Waals surface area (Å²) in [7, 11) is -0.240. The number of hydrogen-bond acceptors (Lipinski definition) is 4. The fourth-order valence-corrected chi connectivity index (χ4v) is 3.84. The fraction of sp³-hybridized carbons (Fsp3) is 0.824. The summed E-state index contributed by atoms with van der Waals surface area (Å²) in [5, 5.41) is 0.110. The van der Waals surface area contributed by atoms with Gasteiger partial charge in [-0.05, 0) is 36.7 Å². The van der Waals surface area contributed by atoms with Crippen LogP contribution in [-0.2, 0) is 18.7 Å². The van der Waals surface area contributed by atoms with Crippen molar-refractivity contribution in [3.05, 3.63) is 11.6 Å². The van der Waals surface area contributed by atoms with Gasteiger partial charge in [0.15, 0.2) is 8.32 Å². The first-order chi connectivity index (χ1) is 10.0. The van der Waals surface area contributed by atoms with Crippen molar-refractivity contribution in [1.29, 1.82) is 0 Å². The molecule has 4 atom stereocenters. The molecule has 1 saturated heterocycles. The van der Waals surface area contributed by atoms with E-state index in [-0.39, 0.29) is 29.3 Å². The van der Waals surface area contributed by atoms with Crippen molar-refractivity contribution in [3.63, 3.8) is 0 Å². The molecule has 0 aromatic rings. The number of ether oxygens (including phenoxy) is 2. The average Bonchev–Trinajstić information content (AvgIpc) is 2.37. The van der Waals surface area contributed by atoms with Gasteiger partial charge in [0, 0.05) is 13.0 Å². The van der Waals surface area contributed by atoms with Crippen LogP contribution in [0.25, 0.3) is 0 Å². The van der Waals surface area contributed by atoms with E-state index >= 15 is 0 Å². The molecule has 0 radical (unpaired) electrons. The fourth-order valence-electron chi connectivity index (χ4n) is 2.55. The summed E-state index contributed by atoms with van der Waals surface area (Å²) in [6, 6.07) is 0. The minimum absolute atomic E-state index is 0.0251. The lowest BCUT2D eigenvalue weighted by Gasteiger charge is -2.47. The van der Waals surface area contributed by atoms with Crippen LogP contribution in [0.5, 0.6) is 0 Å². The molecular formula is C17H32O4Si. The van der Waals surface area contributed by atoms with Gasteiger partial charge in [-0.3, -0.25) is 4.79 Å².